The Bertz CT molecular complexity index is 550. The average molecular weight is 361 g/mol. The second-order valence-electron chi connectivity index (χ2n) is 8.15. The van der Waals surface area contributed by atoms with Crippen molar-refractivity contribution in [1.82, 2.24) is 9.80 Å². The van der Waals surface area contributed by atoms with Crippen molar-refractivity contribution in [3.05, 3.63) is 35.9 Å². The molecule has 4 aliphatic rings. The molecule has 3 saturated heterocycles. The Morgan fingerprint density at radius 3 is 2.12 bits per heavy atom. The van der Waals surface area contributed by atoms with Crippen LogP contribution < -0.4 is 0 Å². The van der Waals surface area contributed by atoms with Gasteiger partial charge < -0.3 is 4.90 Å². The molecule has 1 aliphatic carbocycles. The topological polar surface area (TPSA) is 6.48 Å². The maximum atomic E-state index is 2.83. The second-order valence-corrected chi connectivity index (χ2v) is 11.2. The predicted octanol–water partition coefficient (Wildman–Crippen LogP) is 3.64. The molecule has 1 aromatic rings. The average Bonchev–Trinajstić information content (AvgIpc) is 3.26. The SMILES string of the molecule is c1ccc(CN2CC3CN(CC4CC4)CC(C2)C32SCCS2)cc1. The van der Waals surface area contributed by atoms with Crippen LogP contribution >= 0.6 is 23.5 Å². The predicted molar refractivity (Wildman–Crippen MR) is 106 cm³/mol. The van der Waals surface area contributed by atoms with E-state index < -0.39 is 0 Å². The molecule has 4 heteroatoms. The Kier molecular flexibility index (Phi) is 4.37. The molecule has 5 rings (SSSR count). The van der Waals surface area contributed by atoms with E-state index in [4.69, 9.17) is 0 Å². The number of hydrogen-bond donors (Lipinski definition) is 0. The summed E-state index contributed by atoms with van der Waals surface area (Å²) in [7, 11) is 0. The smallest absolute Gasteiger partial charge is 0.0716 e. The molecule has 1 spiro atoms. The molecule has 0 amide bonds. The summed E-state index contributed by atoms with van der Waals surface area (Å²) in [6.45, 7) is 7.81. The summed E-state index contributed by atoms with van der Waals surface area (Å²) < 4.78 is 0.549. The van der Waals surface area contributed by atoms with Gasteiger partial charge in [-0.2, -0.15) is 0 Å². The first-order chi connectivity index (χ1) is 11.8. The number of benzene rings is 1. The highest BCUT2D eigenvalue weighted by atomic mass is 32.2. The van der Waals surface area contributed by atoms with Crippen LogP contribution in [-0.4, -0.2) is 58.1 Å². The molecule has 1 saturated carbocycles. The van der Waals surface area contributed by atoms with E-state index in [2.05, 4.69) is 63.7 Å². The van der Waals surface area contributed by atoms with Gasteiger partial charge in [0, 0.05) is 62.6 Å². The Morgan fingerprint density at radius 1 is 0.875 bits per heavy atom. The normalized spacial score (nSPS) is 33.2. The Hall–Kier alpha value is -0.160. The van der Waals surface area contributed by atoms with Gasteiger partial charge >= 0.3 is 0 Å². The maximum Gasteiger partial charge on any atom is 0.0716 e. The van der Waals surface area contributed by atoms with Crippen molar-refractivity contribution in [3.63, 3.8) is 0 Å². The minimum Gasteiger partial charge on any atom is -0.302 e. The lowest BCUT2D eigenvalue weighted by molar-refractivity contribution is 0.0223. The van der Waals surface area contributed by atoms with E-state index >= 15 is 0 Å². The summed E-state index contributed by atoms with van der Waals surface area (Å²) >= 11 is 4.62. The van der Waals surface area contributed by atoms with Gasteiger partial charge in [0.05, 0.1) is 4.08 Å². The first kappa shape index (κ1) is 16.0. The van der Waals surface area contributed by atoms with E-state index in [0.717, 1.165) is 24.3 Å². The third kappa shape index (κ3) is 3.04. The monoisotopic (exact) mass is 360 g/mol. The second kappa shape index (κ2) is 6.53. The van der Waals surface area contributed by atoms with E-state index in [1.54, 1.807) is 0 Å². The molecule has 130 valence electrons. The van der Waals surface area contributed by atoms with Gasteiger partial charge in [0.1, 0.15) is 0 Å². The fourth-order valence-electron chi connectivity index (χ4n) is 5.05. The lowest BCUT2D eigenvalue weighted by atomic mass is 9.82. The zero-order valence-electron chi connectivity index (χ0n) is 14.4. The van der Waals surface area contributed by atoms with Crippen LogP contribution in [-0.2, 0) is 6.54 Å². The number of nitrogens with zero attached hydrogens (tertiary/aromatic N) is 2. The number of piperidine rings is 2. The quantitative estimate of drug-likeness (QED) is 0.808. The third-order valence-electron chi connectivity index (χ3n) is 6.25. The van der Waals surface area contributed by atoms with Crippen LogP contribution in [0.25, 0.3) is 0 Å². The molecule has 2 bridgehead atoms. The lowest BCUT2D eigenvalue weighted by Gasteiger charge is -2.56. The van der Waals surface area contributed by atoms with Gasteiger partial charge in [0.2, 0.25) is 0 Å². The third-order valence-corrected chi connectivity index (χ3v) is 10.3. The van der Waals surface area contributed by atoms with Gasteiger partial charge in [-0.05, 0) is 24.3 Å². The molecule has 2 unspecified atom stereocenters. The van der Waals surface area contributed by atoms with Crippen LogP contribution in [0.15, 0.2) is 30.3 Å². The zero-order valence-corrected chi connectivity index (χ0v) is 16.0. The highest BCUT2D eigenvalue weighted by Crippen LogP contribution is 2.58. The summed E-state index contributed by atoms with van der Waals surface area (Å²) in [5, 5.41) is 0. The van der Waals surface area contributed by atoms with Crippen molar-refractivity contribution in [3.8, 4) is 0 Å². The molecule has 24 heavy (non-hydrogen) atoms. The molecule has 0 N–H and O–H groups in total. The number of thioether (sulfide) groups is 2. The zero-order chi connectivity index (χ0) is 16.0. The summed E-state index contributed by atoms with van der Waals surface area (Å²) in [6, 6.07) is 11.1. The number of rotatable bonds is 4. The summed E-state index contributed by atoms with van der Waals surface area (Å²) in [4.78, 5) is 5.58. The molecule has 4 fully saturated rings. The summed E-state index contributed by atoms with van der Waals surface area (Å²) in [5.74, 6) is 5.48. The standard InChI is InChI=1S/C20H28N2S2/c1-2-4-16(5-3-1)10-21-12-18-14-22(11-17-6-7-17)15-19(13-21)20(18)23-8-9-24-20/h1-5,17-19H,6-15H2. The molecule has 3 heterocycles. The molecule has 3 aliphatic heterocycles. The van der Waals surface area contributed by atoms with E-state index in [1.165, 1.54) is 62.6 Å². The van der Waals surface area contributed by atoms with Crippen molar-refractivity contribution >= 4 is 23.5 Å². The molecule has 2 nitrogen and oxygen atoms in total. The minimum atomic E-state index is 0.549. The largest absolute Gasteiger partial charge is 0.302 e. The van der Waals surface area contributed by atoms with E-state index in [-0.39, 0.29) is 0 Å². The van der Waals surface area contributed by atoms with Gasteiger partial charge in [0.25, 0.3) is 0 Å². The number of hydrogen-bond acceptors (Lipinski definition) is 4. The van der Waals surface area contributed by atoms with Crippen molar-refractivity contribution in [2.75, 3.05) is 44.2 Å². The van der Waals surface area contributed by atoms with E-state index in [9.17, 15) is 0 Å². The molecule has 2 atom stereocenters. The maximum absolute atomic E-state index is 2.83. The van der Waals surface area contributed by atoms with Crippen LogP contribution in [0.3, 0.4) is 0 Å². The van der Waals surface area contributed by atoms with Crippen LogP contribution in [0.2, 0.25) is 0 Å². The van der Waals surface area contributed by atoms with Crippen molar-refractivity contribution in [1.29, 1.82) is 0 Å². The fraction of sp³-hybridized carbons (Fsp3) is 0.700. The van der Waals surface area contributed by atoms with Gasteiger partial charge in [-0.25, -0.2) is 0 Å². The van der Waals surface area contributed by atoms with Gasteiger partial charge in [-0.3, -0.25) is 4.90 Å². The lowest BCUT2D eigenvalue weighted by Crippen LogP contribution is -2.63. The van der Waals surface area contributed by atoms with Crippen molar-refractivity contribution < 1.29 is 0 Å². The fourth-order valence-corrected chi connectivity index (χ4v) is 8.73. The molecule has 1 aromatic carbocycles. The minimum absolute atomic E-state index is 0.549. The van der Waals surface area contributed by atoms with Crippen LogP contribution in [0.1, 0.15) is 18.4 Å². The van der Waals surface area contributed by atoms with Crippen molar-refractivity contribution in [2.45, 2.75) is 23.5 Å². The Balaban J connectivity index is 1.32. The first-order valence-corrected chi connectivity index (χ1v) is 11.6. The molecule has 0 aromatic heterocycles. The molecule has 0 radical (unpaired) electrons. The van der Waals surface area contributed by atoms with Crippen molar-refractivity contribution in [2.24, 2.45) is 17.8 Å². The van der Waals surface area contributed by atoms with Gasteiger partial charge in [-0.15, -0.1) is 23.5 Å². The van der Waals surface area contributed by atoms with Crippen LogP contribution in [0.5, 0.6) is 0 Å². The van der Waals surface area contributed by atoms with Crippen LogP contribution in [0, 0.1) is 17.8 Å². The number of likely N-dealkylation sites (tertiary alicyclic amines) is 2. The summed E-state index contributed by atoms with van der Waals surface area (Å²) in [5.41, 5.74) is 1.48. The molecular formula is C20H28N2S2. The van der Waals surface area contributed by atoms with E-state index in [1.807, 2.05) is 0 Å². The van der Waals surface area contributed by atoms with Gasteiger partial charge in [0.15, 0.2) is 0 Å². The highest BCUT2D eigenvalue weighted by molar-refractivity contribution is 8.21. The summed E-state index contributed by atoms with van der Waals surface area (Å²) in [6.07, 6.45) is 2.97. The first-order valence-electron chi connectivity index (χ1n) is 9.58. The Morgan fingerprint density at radius 2 is 1.50 bits per heavy atom. The van der Waals surface area contributed by atoms with Gasteiger partial charge in [-0.1, -0.05) is 30.3 Å². The highest BCUT2D eigenvalue weighted by Gasteiger charge is 2.56. The van der Waals surface area contributed by atoms with Crippen LogP contribution in [0.4, 0.5) is 0 Å². The Labute approximate surface area is 154 Å². The molecular weight excluding hydrogens is 332 g/mol. The van der Waals surface area contributed by atoms with E-state index in [0.29, 0.717) is 4.08 Å².